The summed E-state index contributed by atoms with van der Waals surface area (Å²) >= 11 is 0. The van der Waals surface area contributed by atoms with Crippen molar-refractivity contribution in [3.63, 3.8) is 0 Å². The van der Waals surface area contributed by atoms with Gasteiger partial charge < -0.3 is 30.4 Å². The number of hydrogen-bond donors (Lipinski definition) is 4. The van der Waals surface area contributed by atoms with Crippen molar-refractivity contribution >= 4 is 28.9 Å². The second-order valence-corrected chi connectivity index (χ2v) is 5.67. The summed E-state index contributed by atoms with van der Waals surface area (Å²) in [6.45, 7) is 0.463. The standard InChI is InChI=1S/C15H18N4O5/c16-14-12-8(1-2-11(21)22)3-19(15(12)18-7-17-14)4-9-6-24-10(5-20)13(9)23/h1-3,7,9-10,13,20,23H,4-6H2,(H,21,22)(H2,16,17,18)/b2-1+/t9?,10-,13?/m1/s1. The first kappa shape index (κ1) is 16.4. The van der Waals surface area contributed by atoms with E-state index in [0.717, 1.165) is 6.08 Å². The number of nitrogens with zero attached hydrogens (tertiary/aromatic N) is 3. The number of hydrogen-bond acceptors (Lipinski definition) is 7. The fourth-order valence-corrected chi connectivity index (χ4v) is 2.93. The Kier molecular flexibility index (Phi) is 4.47. The Bertz CT molecular complexity index is 788. The summed E-state index contributed by atoms with van der Waals surface area (Å²) < 4.78 is 7.14. The van der Waals surface area contributed by atoms with Crippen LogP contribution >= 0.6 is 0 Å². The average molecular weight is 334 g/mol. The molecule has 0 aliphatic carbocycles. The van der Waals surface area contributed by atoms with Gasteiger partial charge in [0.2, 0.25) is 0 Å². The van der Waals surface area contributed by atoms with Crippen LogP contribution in [0.5, 0.6) is 0 Å². The van der Waals surface area contributed by atoms with Crippen LogP contribution < -0.4 is 5.73 Å². The van der Waals surface area contributed by atoms with Crippen LogP contribution in [0.25, 0.3) is 17.1 Å². The molecule has 0 aromatic carbocycles. The van der Waals surface area contributed by atoms with E-state index in [1.54, 1.807) is 10.8 Å². The number of carboxylic acid groups (broad SMARTS) is 1. The molecule has 3 rings (SSSR count). The zero-order valence-corrected chi connectivity index (χ0v) is 12.7. The SMILES string of the molecule is Nc1ncnc2c1c(/C=C/C(=O)O)cn2CC1CO[C@H](CO)C1O. The van der Waals surface area contributed by atoms with Crippen LogP contribution in [0.3, 0.4) is 0 Å². The minimum absolute atomic E-state index is 0.217. The number of nitrogen functional groups attached to an aromatic ring is 1. The summed E-state index contributed by atoms with van der Waals surface area (Å²) in [7, 11) is 0. The average Bonchev–Trinajstić information content (AvgIpc) is 3.08. The lowest BCUT2D eigenvalue weighted by Crippen LogP contribution is -2.31. The summed E-state index contributed by atoms with van der Waals surface area (Å²) in [6.07, 6.45) is 4.11. The molecule has 3 atom stereocenters. The van der Waals surface area contributed by atoms with Crippen molar-refractivity contribution in [3.8, 4) is 0 Å². The van der Waals surface area contributed by atoms with Gasteiger partial charge in [0.1, 0.15) is 23.9 Å². The van der Waals surface area contributed by atoms with Crippen molar-refractivity contribution in [2.24, 2.45) is 5.92 Å². The van der Waals surface area contributed by atoms with Crippen molar-refractivity contribution in [2.45, 2.75) is 18.8 Å². The molecule has 0 amide bonds. The Morgan fingerprint density at radius 1 is 1.50 bits per heavy atom. The number of carbonyl (C=O) groups is 1. The van der Waals surface area contributed by atoms with Crippen molar-refractivity contribution < 1.29 is 24.9 Å². The van der Waals surface area contributed by atoms with Crippen LogP contribution in [0.4, 0.5) is 5.82 Å². The van der Waals surface area contributed by atoms with Gasteiger partial charge in [0, 0.05) is 30.3 Å². The largest absolute Gasteiger partial charge is 0.478 e. The third-order valence-corrected chi connectivity index (χ3v) is 4.12. The summed E-state index contributed by atoms with van der Waals surface area (Å²) in [5, 5.41) is 28.7. The Labute approximate surface area is 137 Å². The molecule has 0 bridgehead atoms. The predicted molar refractivity (Wildman–Crippen MR) is 84.9 cm³/mol. The van der Waals surface area contributed by atoms with E-state index in [2.05, 4.69) is 9.97 Å². The highest BCUT2D eigenvalue weighted by atomic mass is 16.5. The number of aliphatic carboxylic acids is 1. The Morgan fingerprint density at radius 2 is 2.29 bits per heavy atom. The molecule has 1 saturated heterocycles. The van der Waals surface area contributed by atoms with E-state index >= 15 is 0 Å². The molecule has 1 fully saturated rings. The van der Waals surface area contributed by atoms with Crippen LogP contribution in [0.15, 0.2) is 18.6 Å². The summed E-state index contributed by atoms with van der Waals surface area (Å²) in [4.78, 5) is 18.9. The first-order valence-corrected chi connectivity index (χ1v) is 7.42. The summed E-state index contributed by atoms with van der Waals surface area (Å²) in [6, 6.07) is 0. The maximum absolute atomic E-state index is 10.8. The van der Waals surface area contributed by atoms with Gasteiger partial charge in [-0.15, -0.1) is 0 Å². The molecule has 1 aliphatic rings. The lowest BCUT2D eigenvalue weighted by molar-refractivity contribution is -0.131. The number of aliphatic hydroxyl groups is 2. The second kappa shape index (κ2) is 6.56. The van der Waals surface area contributed by atoms with Gasteiger partial charge in [0.25, 0.3) is 0 Å². The first-order chi connectivity index (χ1) is 11.5. The molecule has 1 aliphatic heterocycles. The topological polar surface area (TPSA) is 144 Å². The van der Waals surface area contributed by atoms with E-state index in [4.69, 9.17) is 20.7 Å². The zero-order chi connectivity index (χ0) is 17.3. The van der Waals surface area contributed by atoms with Gasteiger partial charge in [-0.25, -0.2) is 14.8 Å². The molecule has 2 aromatic rings. The van der Waals surface area contributed by atoms with E-state index in [0.29, 0.717) is 29.7 Å². The normalized spacial score (nSPS) is 24.2. The van der Waals surface area contributed by atoms with Crippen molar-refractivity contribution in [1.29, 1.82) is 0 Å². The molecule has 9 nitrogen and oxygen atoms in total. The molecular formula is C15H18N4O5. The van der Waals surface area contributed by atoms with Crippen molar-refractivity contribution in [1.82, 2.24) is 14.5 Å². The lowest BCUT2D eigenvalue weighted by Gasteiger charge is -2.16. The Balaban J connectivity index is 1.97. The number of anilines is 1. The maximum Gasteiger partial charge on any atom is 0.328 e. The van der Waals surface area contributed by atoms with Crippen molar-refractivity contribution in [2.75, 3.05) is 18.9 Å². The molecule has 24 heavy (non-hydrogen) atoms. The van der Waals surface area contributed by atoms with Gasteiger partial charge in [-0.2, -0.15) is 0 Å². The van der Waals surface area contributed by atoms with Gasteiger partial charge in [0.15, 0.2) is 0 Å². The number of rotatable bonds is 5. The van der Waals surface area contributed by atoms with Crippen molar-refractivity contribution in [3.05, 3.63) is 24.2 Å². The third kappa shape index (κ3) is 2.96. The highest BCUT2D eigenvalue weighted by Crippen LogP contribution is 2.28. The second-order valence-electron chi connectivity index (χ2n) is 5.67. The van der Waals surface area contributed by atoms with Crippen LogP contribution in [-0.4, -0.2) is 61.2 Å². The van der Waals surface area contributed by atoms with E-state index in [-0.39, 0.29) is 18.3 Å². The number of ether oxygens (including phenoxy) is 1. The molecule has 0 saturated carbocycles. The molecule has 2 unspecified atom stereocenters. The minimum Gasteiger partial charge on any atom is -0.478 e. The van der Waals surface area contributed by atoms with Gasteiger partial charge in [-0.05, 0) is 6.08 Å². The van der Waals surface area contributed by atoms with Gasteiger partial charge >= 0.3 is 5.97 Å². The molecule has 0 radical (unpaired) electrons. The highest BCUT2D eigenvalue weighted by Gasteiger charge is 2.35. The van der Waals surface area contributed by atoms with Crippen LogP contribution in [0, 0.1) is 5.92 Å². The molecular weight excluding hydrogens is 316 g/mol. The Morgan fingerprint density at radius 3 is 2.96 bits per heavy atom. The number of fused-ring (bicyclic) bond motifs is 1. The quantitative estimate of drug-likeness (QED) is 0.535. The van der Waals surface area contributed by atoms with Gasteiger partial charge in [-0.3, -0.25) is 0 Å². The van der Waals surface area contributed by atoms with Crippen LogP contribution in [0.1, 0.15) is 5.56 Å². The van der Waals surface area contributed by atoms with Gasteiger partial charge in [0.05, 0.1) is 24.7 Å². The molecule has 2 aromatic heterocycles. The lowest BCUT2D eigenvalue weighted by atomic mass is 10.0. The van der Waals surface area contributed by atoms with E-state index in [1.165, 1.54) is 12.4 Å². The number of aromatic nitrogens is 3. The molecule has 128 valence electrons. The van der Waals surface area contributed by atoms with Crippen LogP contribution in [-0.2, 0) is 16.1 Å². The predicted octanol–water partition coefficient (Wildman–Crippen LogP) is -0.520. The van der Waals surface area contributed by atoms with E-state index in [9.17, 15) is 9.90 Å². The minimum atomic E-state index is -1.07. The molecule has 3 heterocycles. The first-order valence-electron chi connectivity index (χ1n) is 7.42. The summed E-state index contributed by atoms with van der Waals surface area (Å²) in [5.74, 6) is -1.04. The van der Waals surface area contributed by atoms with Gasteiger partial charge in [-0.1, -0.05) is 0 Å². The molecule has 5 N–H and O–H groups in total. The monoisotopic (exact) mass is 334 g/mol. The number of aliphatic hydroxyl groups excluding tert-OH is 2. The summed E-state index contributed by atoms with van der Waals surface area (Å²) in [5.41, 5.74) is 7.03. The molecule has 0 spiro atoms. The fraction of sp³-hybridized carbons (Fsp3) is 0.400. The fourth-order valence-electron chi connectivity index (χ4n) is 2.93. The smallest absolute Gasteiger partial charge is 0.328 e. The highest BCUT2D eigenvalue weighted by molar-refractivity contribution is 5.97. The maximum atomic E-state index is 10.8. The van der Waals surface area contributed by atoms with Crippen LogP contribution in [0.2, 0.25) is 0 Å². The zero-order valence-electron chi connectivity index (χ0n) is 12.7. The third-order valence-electron chi connectivity index (χ3n) is 4.12. The van der Waals surface area contributed by atoms with E-state index in [1.807, 2.05) is 0 Å². The van der Waals surface area contributed by atoms with E-state index < -0.39 is 18.2 Å². The number of carboxylic acids is 1. The number of nitrogens with two attached hydrogens (primary N) is 1. The molecule has 9 heteroatoms. The Hall–Kier alpha value is -2.49.